The van der Waals surface area contributed by atoms with E-state index >= 15 is 0 Å². The molecule has 0 bridgehead atoms. The molecule has 4 aromatic rings. The first kappa shape index (κ1) is 31.3. The number of hydrogen-bond acceptors (Lipinski definition) is 11. The van der Waals surface area contributed by atoms with Crippen molar-refractivity contribution in [1.82, 2.24) is 29.8 Å². The zero-order valence-corrected chi connectivity index (χ0v) is 24.2. The van der Waals surface area contributed by atoms with Crippen LogP contribution in [0, 0.1) is 0 Å². The fourth-order valence-electron chi connectivity index (χ4n) is 4.01. The van der Waals surface area contributed by atoms with Crippen molar-refractivity contribution in [3.63, 3.8) is 0 Å². The molecule has 0 aliphatic rings. The van der Waals surface area contributed by atoms with E-state index in [-0.39, 0.29) is 5.91 Å². The molecule has 1 amide bonds. The number of aromatic nitrogens is 5. The Bertz CT molecular complexity index is 1340. The predicted octanol–water partition coefficient (Wildman–Crippen LogP) is 2.69. The van der Waals surface area contributed by atoms with Crippen LogP contribution < -0.4 is 27.0 Å². The average molecular weight is 589 g/mol. The number of nitrogens with one attached hydrogen (secondary N) is 4. The van der Waals surface area contributed by atoms with Gasteiger partial charge in [-0.2, -0.15) is 15.0 Å². The number of amides is 1. The standard InChI is InChI=1S/C30H40N10O3/c31-12-19-42-21-22-43-20-16-33-27(41)25-7-9-26(10-8-25)36-30-38-28(34-13-4-17-40-18-15-32-23-40)37-29(39-30)35-14-11-24-5-2-1-3-6-24/h1-3,5-10,15,18,23H,4,11-14,16-17,19-22,31H2,(H,33,41)(H3,34,35,36,37,38,39). The first-order chi connectivity index (χ1) is 21.2. The number of carbonyl (C=O) groups is 1. The van der Waals surface area contributed by atoms with E-state index in [2.05, 4.69) is 53.3 Å². The van der Waals surface area contributed by atoms with Crippen LogP contribution in [0.4, 0.5) is 23.5 Å². The number of nitrogens with zero attached hydrogens (tertiary/aromatic N) is 5. The molecule has 2 aromatic carbocycles. The molecule has 13 heteroatoms. The first-order valence-corrected chi connectivity index (χ1v) is 14.4. The Morgan fingerprint density at radius 2 is 1.53 bits per heavy atom. The number of benzene rings is 2. The summed E-state index contributed by atoms with van der Waals surface area (Å²) in [5.41, 5.74) is 7.88. The van der Waals surface area contributed by atoms with Gasteiger partial charge in [0.05, 0.1) is 32.8 Å². The van der Waals surface area contributed by atoms with Crippen molar-refractivity contribution in [3.8, 4) is 0 Å². The van der Waals surface area contributed by atoms with Crippen molar-refractivity contribution in [2.75, 3.05) is 68.6 Å². The highest BCUT2D eigenvalue weighted by atomic mass is 16.5. The molecule has 2 aromatic heterocycles. The maximum atomic E-state index is 12.5. The van der Waals surface area contributed by atoms with Crippen LogP contribution in [-0.4, -0.2) is 83.0 Å². The van der Waals surface area contributed by atoms with Gasteiger partial charge in [0.1, 0.15) is 0 Å². The van der Waals surface area contributed by atoms with E-state index < -0.39 is 0 Å². The van der Waals surface area contributed by atoms with Gasteiger partial charge in [-0.1, -0.05) is 30.3 Å². The van der Waals surface area contributed by atoms with Gasteiger partial charge in [0, 0.05) is 56.4 Å². The zero-order chi connectivity index (χ0) is 30.0. The number of hydrogen-bond donors (Lipinski definition) is 5. The van der Waals surface area contributed by atoms with E-state index in [1.807, 2.05) is 41.1 Å². The second-order valence-corrected chi connectivity index (χ2v) is 9.52. The molecule has 6 N–H and O–H groups in total. The lowest BCUT2D eigenvalue weighted by Gasteiger charge is -2.12. The van der Waals surface area contributed by atoms with Crippen LogP contribution in [0.3, 0.4) is 0 Å². The summed E-state index contributed by atoms with van der Waals surface area (Å²) in [5.74, 6) is 1.14. The number of nitrogens with two attached hydrogens (primary N) is 1. The fourth-order valence-corrected chi connectivity index (χ4v) is 4.01. The number of anilines is 4. The number of aryl methyl sites for hydroxylation is 1. The van der Waals surface area contributed by atoms with Crippen LogP contribution in [0.5, 0.6) is 0 Å². The monoisotopic (exact) mass is 588 g/mol. The molecule has 43 heavy (non-hydrogen) atoms. The molecule has 228 valence electrons. The third-order valence-electron chi connectivity index (χ3n) is 6.18. The highest BCUT2D eigenvalue weighted by molar-refractivity contribution is 5.94. The van der Waals surface area contributed by atoms with Gasteiger partial charge < -0.3 is 41.0 Å². The minimum atomic E-state index is -0.179. The molecule has 0 atom stereocenters. The predicted molar refractivity (Wildman–Crippen MR) is 167 cm³/mol. The normalized spacial score (nSPS) is 10.8. The molecular weight excluding hydrogens is 548 g/mol. The summed E-state index contributed by atoms with van der Waals surface area (Å²) in [7, 11) is 0. The summed E-state index contributed by atoms with van der Waals surface area (Å²) >= 11 is 0. The van der Waals surface area contributed by atoms with E-state index in [1.165, 1.54) is 5.56 Å². The van der Waals surface area contributed by atoms with E-state index in [9.17, 15) is 4.79 Å². The van der Waals surface area contributed by atoms with Gasteiger partial charge in [-0.15, -0.1) is 0 Å². The third kappa shape index (κ3) is 11.7. The van der Waals surface area contributed by atoms with Crippen LogP contribution in [-0.2, 0) is 22.4 Å². The van der Waals surface area contributed by atoms with E-state index in [0.29, 0.717) is 76.0 Å². The lowest BCUT2D eigenvalue weighted by atomic mass is 10.1. The van der Waals surface area contributed by atoms with Crippen LogP contribution >= 0.6 is 0 Å². The van der Waals surface area contributed by atoms with Crippen molar-refractivity contribution in [2.45, 2.75) is 19.4 Å². The Morgan fingerprint density at radius 3 is 2.26 bits per heavy atom. The number of rotatable bonds is 20. The smallest absolute Gasteiger partial charge is 0.251 e. The number of carbonyl (C=O) groups excluding carboxylic acids is 1. The molecule has 13 nitrogen and oxygen atoms in total. The largest absolute Gasteiger partial charge is 0.378 e. The van der Waals surface area contributed by atoms with E-state index in [0.717, 1.165) is 25.1 Å². The molecule has 0 saturated heterocycles. The van der Waals surface area contributed by atoms with E-state index in [4.69, 9.17) is 15.2 Å². The molecule has 0 aliphatic carbocycles. The minimum Gasteiger partial charge on any atom is -0.378 e. The van der Waals surface area contributed by atoms with Gasteiger partial charge >= 0.3 is 0 Å². The van der Waals surface area contributed by atoms with Crippen molar-refractivity contribution >= 4 is 29.4 Å². The molecule has 0 aliphatic heterocycles. The van der Waals surface area contributed by atoms with Crippen LogP contribution in [0.1, 0.15) is 22.3 Å². The van der Waals surface area contributed by atoms with Crippen molar-refractivity contribution in [1.29, 1.82) is 0 Å². The van der Waals surface area contributed by atoms with Gasteiger partial charge in [0.15, 0.2) is 0 Å². The number of imidazole rings is 1. The van der Waals surface area contributed by atoms with Crippen LogP contribution in [0.15, 0.2) is 73.3 Å². The lowest BCUT2D eigenvalue weighted by molar-refractivity contribution is 0.0511. The van der Waals surface area contributed by atoms with Crippen molar-refractivity contribution < 1.29 is 14.3 Å². The van der Waals surface area contributed by atoms with Gasteiger partial charge in [-0.05, 0) is 42.7 Å². The summed E-state index contributed by atoms with van der Waals surface area (Å²) in [6, 6.07) is 17.4. The molecule has 0 radical (unpaired) electrons. The zero-order valence-electron chi connectivity index (χ0n) is 24.2. The highest BCUT2D eigenvalue weighted by Gasteiger charge is 2.09. The van der Waals surface area contributed by atoms with Gasteiger partial charge in [0.2, 0.25) is 17.8 Å². The summed E-state index contributed by atoms with van der Waals surface area (Å²) in [6.45, 7) is 4.93. The number of ether oxygens (including phenoxy) is 2. The lowest BCUT2D eigenvalue weighted by Crippen LogP contribution is -2.27. The Hall–Kier alpha value is -4.59. The highest BCUT2D eigenvalue weighted by Crippen LogP contribution is 2.17. The average Bonchev–Trinajstić information content (AvgIpc) is 3.55. The maximum Gasteiger partial charge on any atom is 0.251 e. The molecule has 0 unspecified atom stereocenters. The van der Waals surface area contributed by atoms with Crippen molar-refractivity contribution in [3.05, 3.63) is 84.4 Å². The summed E-state index contributed by atoms with van der Waals surface area (Å²) < 4.78 is 12.7. The van der Waals surface area contributed by atoms with Crippen LogP contribution in [0.25, 0.3) is 0 Å². The Labute approximate surface area is 251 Å². The van der Waals surface area contributed by atoms with Gasteiger partial charge in [-0.25, -0.2) is 4.98 Å². The Morgan fingerprint density at radius 1 is 0.814 bits per heavy atom. The van der Waals surface area contributed by atoms with Gasteiger partial charge in [0.25, 0.3) is 5.91 Å². The maximum absolute atomic E-state index is 12.5. The first-order valence-electron chi connectivity index (χ1n) is 14.4. The minimum absolute atomic E-state index is 0.179. The summed E-state index contributed by atoms with van der Waals surface area (Å²) in [4.78, 5) is 30.3. The fraction of sp³-hybridized carbons (Fsp3) is 0.367. The van der Waals surface area contributed by atoms with Gasteiger partial charge in [-0.3, -0.25) is 4.79 Å². The molecular formula is C30H40N10O3. The summed E-state index contributed by atoms with van der Waals surface area (Å²) in [5, 5.41) is 12.7. The molecule has 0 spiro atoms. The quantitative estimate of drug-likeness (QED) is 0.0964. The second kappa shape index (κ2) is 18.1. The van der Waals surface area contributed by atoms with Crippen LogP contribution in [0.2, 0.25) is 0 Å². The Balaban J connectivity index is 1.30. The van der Waals surface area contributed by atoms with E-state index in [1.54, 1.807) is 24.7 Å². The van der Waals surface area contributed by atoms with Crippen molar-refractivity contribution in [2.24, 2.45) is 5.73 Å². The molecule has 4 rings (SSSR count). The SMILES string of the molecule is NCCOCCOCCNC(=O)c1ccc(Nc2nc(NCCCn3ccnc3)nc(NCCc3ccccc3)n2)cc1. The molecule has 2 heterocycles. The second-order valence-electron chi connectivity index (χ2n) is 9.52. The molecule has 0 fully saturated rings. The third-order valence-corrected chi connectivity index (χ3v) is 6.18. The molecule has 0 saturated carbocycles. The summed E-state index contributed by atoms with van der Waals surface area (Å²) in [6.07, 6.45) is 7.21. The Kier molecular flexibility index (Phi) is 13.2. The topological polar surface area (TPSA) is 166 Å².